The fourth-order valence-electron chi connectivity index (χ4n) is 1.58. The number of aromatic nitrogens is 1. The highest BCUT2D eigenvalue weighted by Gasteiger charge is 2.14. The van der Waals surface area contributed by atoms with Gasteiger partial charge in [-0.3, -0.25) is 4.98 Å². The van der Waals surface area contributed by atoms with Crippen molar-refractivity contribution in [1.82, 2.24) is 4.98 Å². The third-order valence-corrected chi connectivity index (χ3v) is 3.50. The minimum absolute atomic E-state index is 0.116. The monoisotopic (exact) mass is 305 g/mol. The predicted octanol–water partition coefficient (Wildman–Crippen LogP) is 4.34. The first-order chi connectivity index (χ1) is 8.54. The number of pyridine rings is 1. The minimum Gasteiger partial charge on any atom is -0.392 e. The third kappa shape index (κ3) is 2.45. The van der Waals surface area contributed by atoms with Crippen molar-refractivity contribution < 1.29 is 9.50 Å². The molecule has 1 aromatic carbocycles. The van der Waals surface area contributed by atoms with Crippen LogP contribution in [0.5, 0.6) is 0 Å². The van der Waals surface area contributed by atoms with E-state index in [4.69, 9.17) is 34.8 Å². The van der Waals surface area contributed by atoms with Crippen LogP contribution in [-0.2, 0) is 6.61 Å². The van der Waals surface area contributed by atoms with E-state index in [1.165, 1.54) is 18.3 Å². The molecule has 0 aliphatic carbocycles. The van der Waals surface area contributed by atoms with Gasteiger partial charge in [0.15, 0.2) is 0 Å². The molecule has 2 nitrogen and oxygen atoms in total. The summed E-state index contributed by atoms with van der Waals surface area (Å²) in [5.74, 6) is -0.600. The highest BCUT2D eigenvalue weighted by molar-refractivity contribution is 6.44. The molecule has 2 rings (SSSR count). The summed E-state index contributed by atoms with van der Waals surface area (Å²) in [6.45, 7) is -0.458. The van der Waals surface area contributed by atoms with Gasteiger partial charge in [0, 0.05) is 22.9 Å². The van der Waals surface area contributed by atoms with Crippen LogP contribution in [0.2, 0.25) is 15.1 Å². The van der Waals surface area contributed by atoms with Gasteiger partial charge in [0.2, 0.25) is 0 Å². The first-order valence-corrected chi connectivity index (χ1v) is 6.06. The van der Waals surface area contributed by atoms with Gasteiger partial charge in [0.05, 0.1) is 27.9 Å². The summed E-state index contributed by atoms with van der Waals surface area (Å²) in [6, 6.07) is 2.98. The Morgan fingerprint density at radius 1 is 1.00 bits per heavy atom. The highest BCUT2D eigenvalue weighted by atomic mass is 35.5. The van der Waals surface area contributed by atoms with Gasteiger partial charge >= 0.3 is 0 Å². The minimum atomic E-state index is -0.600. The second-order valence-electron chi connectivity index (χ2n) is 3.55. The molecule has 1 heterocycles. The van der Waals surface area contributed by atoms with Crippen LogP contribution in [0.15, 0.2) is 24.5 Å². The molecule has 0 aliphatic heterocycles. The highest BCUT2D eigenvalue weighted by Crippen LogP contribution is 2.36. The van der Waals surface area contributed by atoms with Gasteiger partial charge in [-0.05, 0) is 12.1 Å². The number of aliphatic hydroxyl groups excluding tert-OH is 1. The summed E-state index contributed by atoms with van der Waals surface area (Å²) in [5, 5.41) is 10.1. The van der Waals surface area contributed by atoms with E-state index in [0.29, 0.717) is 26.2 Å². The van der Waals surface area contributed by atoms with Crippen LogP contribution >= 0.6 is 34.8 Å². The van der Waals surface area contributed by atoms with Crippen LogP contribution < -0.4 is 0 Å². The SMILES string of the molecule is OCc1c(F)cncc1-c1cc(Cl)c(Cl)cc1Cl. The average molecular weight is 307 g/mol. The van der Waals surface area contributed by atoms with Crippen LogP contribution in [-0.4, -0.2) is 10.1 Å². The zero-order valence-electron chi connectivity index (χ0n) is 8.92. The Hall–Kier alpha value is -0.870. The molecule has 1 aromatic heterocycles. The van der Waals surface area contributed by atoms with Crippen molar-refractivity contribution in [1.29, 1.82) is 0 Å². The molecular weight excluding hydrogens is 299 g/mol. The topological polar surface area (TPSA) is 33.1 Å². The quantitative estimate of drug-likeness (QED) is 0.837. The Morgan fingerprint density at radius 3 is 2.33 bits per heavy atom. The number of hydrogen-bond donors (Lipinski definition) is 1. The standard InChI is InChI=1S/C12H7Cl3FNO/c13-9-2-11(15)10(14)1-6(9)7-3-17-4-12(16)8(7)5-18/h1-4,18H,5H2. The van der Waals surface area contributed by atoms with E-state index in [-0.39, 0.29) is 5.56 Å². The van der Waals surface area contributed by atoms with E-state index in [1.807, 2.05) is 0 Å². The lowest BCUT2D eigenvalue weighted by Gasteiger charge is -2.10. The third-order valence-electron chi connectivity index (χ3n) is 2.46. The number of benzene rings is 1. The van der Waals surface area contributed by atoms with Crippen molar-refractivity contribution in [3.63, 3.8) is 0 Å². The van der Waals surface area contributed by atoms with E-state index in [9.17, 15) is 9.50 Å². The van der Waals surface area contributed by atoms with Gasteiger partial charge in [-0.15, -0.1) is 0 Å². The van der Waals surface area contributed by atoms with Crippen LogP contribution in [0, 0.1) is 5.82 Å². The molecular formula is C12H7Cl3FNO. The zero-order valence-corrected chi connectivity index (χ0v) is 11.2. The molecule has 2 aromatic rings. The molecule has 0 aliphatic rings. The number of nitrogens with zero attached hydrogens (tertiary/aromatic N) is 1. The fourth-order valence-corrected chi connectivity index (χ4v) is 2.23. The molecule has 0 unspecified atom stereocenters. The molecule has 0 bridgehead atoms. The first kappa shape index (κ1) is 13.6. The number of hydrogen-bond acceptors (Lipinski definition) is 2. The van der Waals surface area contributed by atoms with Gasteiger partial charge in [0.25, 0.3) is 0 Å². The average Bonchev–Trinajstić information content (AvgIpc) is 2.33. The van der Waals surface area contributed by atoms with Crippen LogP contribution in [0.3, 0.4) is 0 Å². The molecule has 0 spiro atoms. The number of rotatable bonds is 2. The molecule has 0 radical (unpaired) electrons. The number of halogens is 4. The summed E-state index contributed by atoms with van der Waals surface area (Å²) in [5.41, 5.74) is 0.980. The summed E-state index contributed by atoms with van der Waals surface area (Å²) in [7, 11) is 0. The zero-order chi connectivity index (χ0) is 13.3. The van der Waals surface area contributed by atoms with Crippen molar-refractivity contribution >= 4 is 34.8 Å². The maximum atomic E-state index is 13.5. The van der Waals surface area contributed by atoms with E-state index in [2.05, 4.69) is 4.98 Å². The molecule has 6 heteroatoms. The molecule has 1 N–H and O–H groups in total. The first-order valence-electron chi connectivity index (χ1n) is 4.92. The smallest absolute Gasteiger partial charge is 0.147 e. The maximum absolute atomic E-state index is 13.5. The van der Waals surface area contributed by atoms with Gasteiger partial charge in [0.1, 0.15) is 5.82 Å². The molecule has 18 heavy (non-hydrogen) atoms. The van der Waals surface area contributed by atoms with E-state index >= 15 is 0 Å². The molecule has 0 saturated heterocycles. The molecule has 0 fully saturated rings. The lowest BCUT2D eigenvalue weighted by Crippen LogP contribution is -1.96. The van der Waals surface area contributed by atoms with Crippen molar-refractivity contribution in [3.8, 4) is 11.1 Å². The lowest BCUT2D eigenvalue weighted by atomic mass is 10.0. The van der Waals surface area contributed by atoms with Gasteiger partial charge in [-0.2, -0.15) is 0 Å². The van der Waals surface area contributed by atoms with Crippen molar-refractivity contribution in [2.24, 2.45) is 0 Å². The van der Waals surface area contributed by atoms with Crippen molar-refractivity contribution in [2.75, 3.05) is 0 Å². The Balaban J connectivity index is 2.69. The van der Waals surface area contributed by atoms with E-state index in [0.717, 1.165) is 6.20 Å². The molecule has 0 amide bonds. The molecule has 0 saturated carbocycles. The molecule has 94 valence electrons. The van der Waals surface area contributed by atoms with Gasteiger partial charge < -0.3 is 5.11 Å². The van der Waals surface area contributed by atoms with Crippen molar-refractivity contribution in [2.45, 2.75) is 6.61 Å². The Kier molecular flexibility index (Phi) is 4.07. The lowest BCUT2D eigenvalue weighted by molar-refractivity contribution is 0.276. The predicted molar refractivity (Wildman–Crippen MR) is 70.6 cm³/mol. The van der Waals surface area contributed by atoms with Crippen LogP contribution in [0.1, 0.15) is 5.56 Å². The van der Waals surface area contributed by atoms with E-state index < -0.39 is 12.4 Å². The largest absolute Gasteiger partial charge is 0.392 e. The van der Waals surface area contributed by atoms with Gasteiger partial charge in [-0.1, -0.05) is 34.8 Å². The Labute approximate surface area is 118 Å². The summed E-state index contributed by atoms with van der Waals surface area (Å²) >= 11 is 17.8. The second-order valence-corrected chi connectivity index (χ2v) is 4.77. The summed E-state index contributed by atoms with van der Waals surface area (Å²) in [4.78, 5) is 3.74. The summed E-state index contributed by atoms with van der Waals surface area (Å²) < 4.78 is 13.5. The Bertz CT molecular complexity index is 604. The van der Waals surface area contributed by atoms with Crippen LogP contribution in [0.25, 0.3) is 11.1 Å². The Morgan fingerprint density at radius 2 is 1.67 bits per heavy atom. The molecule has 0 atom stereocenters. The second kappa shape index (κ2) is 5.41. The van der Waals surface area contributed by atoms with E-state index in [1.54, 1.807) is 0 Å². The van der Waals surface area contributed by atoms with Crippen molar-refractivity contribution in [3.05, 3.63) is 51.0 Å². The fraction of sp³-hybridized carbons (Fsp3) is 0.0833. The number of aliphatic hydroxyl groups is 1. The van der Waals surface area contributed by atoms with Crippen LogP contribution in [0.4, 0.5) is 4.39 Å². The summed E-state index contributed by atoms with van der Waals surface area (Å²) in [6.07, 6.45) is 2.45. The normalized spacial score (nSPS) is 10.7. The maximum Gasteiger partial charge on any atom is 0.147 e. The van der Waals surface area contributed by atoms with Gasteiger partial charge in [-0.25, -0.2) is 4.39 Å².